The van der Waals surface area contributed by atoms with Crippen molar-refractivity contribution < 1.29 is 19.5 Å². The molecule has 0 aliphatic rings. The Balaban J connectivity index is 2.26. The SMILES string of the molecule is COCCN(C)CCOc1ccc(B(O)O)cc1. The maximum Gasteiger partial charge on any atom is 0.488 e. The molecule has 0 spiro atoms. The molecule has 0 fully saturated rings. The molecular weight excluding hydrogens is 233 g/mol. The van der Waals surface area contributed by atoms with E-state index in [1.165, 1.54) is 0 Å². The number of hydrogen-bond donors (Lipinski definition) is 2. The van der Waals surface area contributed by atoms with Gasteiger partial charge in [-0.3, -0.25) is 0 Å². The Morgan fingerprint density at radius 3 is 2.28 bits per heavy atom. The highest BCUT2D eigenvalue weighted by Gasteiger charge is 2.09. The van der Waals surface area contributed by atoms with Crippen molar-refractivity contribution >= 4 is 12.6 Å². The predicted molar refractivity (Wildman–Crippen MR) is 71.1 cm³/mol. The fourth-order valence-electron chi connectivity index (χ4n) is 1.41. The number of ether oxygens (including phenoxy) is 2. The van der Waals surface area contributed by atoms with Gasteiger partial charge in [-0.15, -0.1) is 0 Å². The summed E-state index contributed by atoms with van der Waals surface area (Å²) < 4.78 is 10.5. The number of benzene rings is 1. The summed E-state index contributed by atoms with van der Waals surface area (Å²) in [5, 5.41) is 17.9. The van der Waals surface area contributed by atoms with Gasteiger partial charge in [0.05, 0.1) is 6.61 Å². The molecule has 0 heterocycles. The molecule has 0 radical (unpaired) electrons. The lowest BCUT2D eigenvalue weighted by Gasteiger charge is -2.16. The van der Waals surface area contributed by atoms with Crippen LogP contribution in [0.15, 0.2) is 24.3 Å². The lowest BCUT2D eigenvalue weighted by atomic mass is 9.80. The molecule has 1 rings (SSSR count). The molecule has 2 N–H and O–H groups in total. The zero-order valence-corrected chi connectivity index (χ0v) is 10.9. The van der Waals surface area contributed by atoms with E-state index in [2.05, 4.69) is 4.90 Å². The van der Waals surface area contributed by atoms with Crippen molar-refractivity contribution in [3.05, 3.63) is 24.3 Å². The molecule has 100 valence electrons. The van der Waals surface area contributed by atoms with E-state index in [9.17, 15) is 0 Å². The van der Waals surface area contributed by atoms with Crippen molar-refractivity contribution in [3.8, 4) is 5.75 Å². The first-order chi connectivity index (χ1) is 8.63. The third-order valence-corrected chi connectivity index (χ3v) is 2.60. The average Bonchev–Trinajstić information content (AvgIpc) is 2.37. The third kappa shape index (κ3) is 5.51. The molecule has 1 aromatic rings. The highest BCUT2D eigenvalue weighted by atomic mass is 16.5. The van der Waals surface area contributed by atoms with E-state index >= 15 is 0 Å². The number of methoxy groups -OCH3 is 1. The largest absolute Gasteiger partial charge is 0.492 e. The monoisotopic (exact) mass is 253 g/mol. The van der Waals surface area contributed by atoms with Gasteiger partial charge in [0.2, 0.25) is 0 Å². The van der Waals surface area contributed by atoms with E-state index in [-0.39, 0.29) is 0 Å². The van der Waals surface area contributed by atoms with E-state index in [0.29, 0.717) is 18.7 Å². The summed E-state index contributed by atoms with van der Waals surface area (Å²) >= 11 is 0. The number of nitrogens with zero attached hydrogens (tertiary/aromatic N) is 1. The summed E-state index contributed by atoms with van der Waals surface area (Å²) in [6.07, 6.45) is 0. The molecule has 0 aliphatic carbocycles. The Kier molecular flexibility index (Phi) is 6.74. The molecule has 1 aromatic carbocycles. The van der Waals surface area contributed by atoms with Gasteiger partial charge in [-0.25, -0.2) is 0 Å². The van der Waals surface area contributed by atoms with E-state index in [1.807, 2.05) is 7.05 Å². The molecule has 0 bridgehead atoms. The second-order valence-electron chi connectivity index (χ2n) is 4.09. The Morgan fingerprint density at radius 2 is 1.72 bits per heavy atom. The lowest BCUT2D eigenvalue weighted by Crippen LogP contribution is -2.29. The van der Waals surface area contributed by atoms with Crippen LogP contribution in [0.25, 0.3) is 0 Å². The van der Waals surface area contributed by atoms with Crippen LogP contribution in [0.4, 0.5) is 0 Å². The number of hydrogen-bond acceptors (Lipinski definition) is 5. The van der Waals surface area contributed by atoms with Gasteiger partial charge >= 0.3 is 7.12 Å². The lowest BCUT2D eigenvalue weighted by molar-refractivity contribution is 0.150. The van der Waals surface area contributed by atoms with Crippen LogP contribution in [0, 0.1) is 0 Å². The molecule has 18 heavy (non-hydrogen) atoms. The maximum atomic E-state index is 8.94. The molecule has 5 nitrogen and oxygen atoms in total. The number of rotatable bonds is 8. The van der Waals surface area contributed by atoms with Gasteiger partial charge in [-0.1, -0.05) is 12.1 Å². The van der Waals surface area contributed by atoms with Crippen LogP contribution < -0.4 is 10.2 Å². The Morgan fingerprint density at radius 1 is 1.11 bits per heavy atom. The Labute approximate surface area is 108 Å². The van der Waals surface area contributed by atoms with Gasteiger partial charge in [0, 0.05) is 20.2 Å². The van der Waals surface area contributed by atoms with E-state index in [4.69, 9.17) is 19.5 Å². The second-order valence-corrected chi connectivity index (χ2v) is 4.09. The van der Waals surface area contributed by atoms with Crippen LogP contribution in [0.3, 0.4) is 0 Å². The van der Waals surface area contributed by atoms with Crippen LogP contribution in [0.1, 0.15) is 0 Å². The third-order valence-electron chi connectivity index (χ3n) is 2.60. The molecule has 0 unspecified atom stereocenters. The van der Waals surface area contributed by atoms with Crippen molar-refractivity contribution in [1.29, 1.82) is 0 Å². The van der Waals surface area contributed by atoms with E-state index in [1.54, 1.807) is 31.4 Å². The van der Waals surface area contributed by atoms with Gasteiger partial charge in [-0.2, -0.15) is 0 Å². The molecular formula is C12H20BNO4. The Bertz CT molecular complexity index is 331. The van der Waals surface area contributed by atoms with Gasteiger partial charge in [0.15, 0.2) is 0 Å². The normalized spacial score (nSPS) is 10.7. The number of likely N-dealkylation sites (N-methyl/N-ethyl adjacent to an activating group) is 1. The molecule has 0 saturated carbocycles. The minimum atomic E-state index is -1.43. The van der Waals surface area contributed by atoms with Crippen LogP contribution in [-0.4, -0.2) is 62.5 Å². The fourth-order valence-corrected chi connectivity index (χ4v) is 1.41. The molecule has 6 heteroatoms. The van der Waals surface area contributed by atoms with Crippen molar-refractivity contribution in [2.24, 2.45) is 0 Å². The maximum absolute atomic E-state index is 8.94. The first-order valence-corrected chi connectivity index (χ1v) is 5.90. The Hall–Kier alpha value is -1.08. The molecule has 0 saturated heterocycles. The topological polar surface area (TPSA) is 62.2 Å². The van der Waals surface area contributed by atoms with Crippen molar-refractivity contribution in [2.45, 2.75) is 0 Å². The summed E-state index contributed by atoms with van der Waals surface area (Å²) in [6, 6.07) is 6.72. The zero-order chi connectivity index (χ0) is 13.4. The van der Waals surface area contributed by atoms with Crippen molar-refractivity contribution in [2.75, 3.05) is 40.5 Å². The van der Waals surface area contributed by atoms with Crippen LogP contribution in [0.5, 0.6) is 5.75 Å². The first kappa shape index (κ1) is 15.0. The van der Waals surface area contributed by atoms with Gasteiger partial charge in [0.1, 0.15) is 12.4 Å². The molecule has 0 aromatic heterocycles. The minimum absolute atomic E-state index is 0.458. The summed E-state index contributed by atoms with van der Waals surface area (Å²) in [5.74, 6) is 0.722. The fraction of sp³-hybridized carbons (Fsp3) is 0.500. The quantitative estimate of drug-likeness (QED) is 0.601. The molecule has 0 aliphatic heterocycles. The van der Waals surface area contributed by atoms with Crippen molar-refractivity contribution in [1.82, 2.24) is 4.90 Å². The average molecular weight is 253 g/mol. The van der Waals surface area contributed by atoms with Gasteiger partial charge in [0.25, 0.3) is 0 Å². The molecule has 0 atom stereocenters. The summed E-state index contributed by atoms with van der Waals surface area (Å²) in [7, 11) is 2.26. The van der Waals surface area contributed by atoms with Gasteiger partial charge < -0.3 is 24.4 Å². The van der Waals surface area contributed by atoms with Gasteiger partial charge in [-0.05, 0) is 24.6 Å². The zero-order valence-electron chi connectivity index (χ0n) is 10.9. The van der Waals surface area contributed by atoms with Crippen LogP contribution in [-0.2, 0) is 4.74 Å². The summed E-state index contributed by atoms with van der Waals surface area (Å²) in [4.78, 5) is 2.12. The van der Waals surface area contributed by atoms with Crippen LogP contribution in [0.2, 0.25) is 0 Å². The standard InChI is InChI=1S/C12H20BNO4/c1-14(7-9-17-2)8-10-18-12-5-3-11(4-6-12)13(15)16/h3-6,15-16H,7-10H2,1-2H3. The van der Waals surface area contributed by atoms with E-state index in [0.717, 1.165) is 18.8 Å². The van der Waals surface area contributed by atoms with Crippen LogP contribution >= 0.6 is 0 Å². The highest BCUT2D eigenvalue weighted by molar-refractivity contribution is 6.58. The molecule has 0 amide bonds. The smallest absolute Gasteiger partial charge is 0.488 e. The van der Waals surface area contributed by atoms with Crippen molar-refractivity contribution in [3.63, 3.8) is 0 Å². The first-order valence-electron chi connectivity index (χ1n) is 5.90. The predicted octanol–water partition coefficient (Wildman–Crippen LogP) is -0.677. The highest BCUT2D eigenvalue weighted by Crippen LogP contribution is 2.07. The van der Waals surface area contributed by atoms with E-state index < -0.39 is 7.12 Å². The second kappa shape index (κ2) is 8.10. The summed E-state index contributed by atoms with van der Waals surface area (Å²) in [5.41, 5.74) is 0.458. The minimum Gasteiger partial charge on any atom is -0.492 e. The summed E-state index contributed by atoms with van der Waals surface area (Å²) in [6.45, 7) is 2.98.